The number of hydrogen-bond acceptors (Lipinski definition) is 2. The quantitative estimate of drug-likeness (QED) is 0.856. The highest BCUT2D eigenvalue weighted by atomic mass is 32.1. The first-order chi connectivity index (χ1) is 9.94. The molecule has 0 aromatic heterocycles. The van der Waals surface area contributed by atoms with Gasteiger partial charge in [0.1, 0.15) is 4.99 Å². The number of aryl methyl sites for hydroxylation is 2. The van der Waals surface area contributed by atoms with Gasteiger partial charge in [0.2, 0.25) is 0 Å². The molecule has 0 bridgehead atoms. The first-order valence-electron chi connectivity index (χ1n) is 7.08. The lowest BCUT2D eigenvalue weighted by Gasteiger charge is -2.18. The van der Waals surface area contributed by atoms with Crippen LogP contribution in [-0.4, -0.2) is 16.9 Å². The minimum atomic E-state index is 0.453. The molecule has 0 unspecified atom stereocenters. The fourth-order valence-corrected chi connectivity index (χ4v) is 2.79. The minimum absolute atomic E-state index is 0.453. The SMILES string of the molecule is Cc1cc(C)cc(CN(C)Cc2cccc(C(N)=S)c2)c1. The van der Waals surface area contributed by atoms with Crippen molar-refractivity contribution in [2.24, 2.45) is 5.73 Å². The van der Waals surface area contributed by atoms with E-state index in [-0.39, 0.29) is 0 Å². The Morgan fingerprint density at radius 1 is 1.00 bits per heavy atom. The van der Waals surface area contributed by atoms with E-state index in [1.165, 1.54) is 22.3 Å². The van der Waals surface area contributed by atoms with Crippen LogP contribution in [-0.2, 0) is 13.1 Å². The summed E-state index contributed by atoms with van der Waals surface area (Å²) < 4.78 is 0. The second-order valence-corrected chi connectivity index (χ2v) is 6.17. The van der Waals surface area contributed by atoms with E-state index < -0.39 is 0 Å². The van der Waals surface area contributed by atoms with Crippen LogP contribution in [0.4, 0.5) is 0 Å². The molecule has 2 N–H and O–H groups in total. The van der Waals surface area contributed by atoms with Crippen LogP contribution in [0.15, 0.2) is 42.5 Å². The van der Waals surface area contributed by atoms with E-state index >= 15 is 0 Å². The van der Waals surface area contributed by atoms with Gasteiger partial charge in [-0.05, 0) is 38.1 Å². The summed E-state index contributed by atoms with van der Waals surface area (Å²) in [6.07, 6.45) is 0. The van der Waals surface area contributed by atoms with Gasteiger partial charge in [-0.15, -0.1) is 0 Å². The maximum atomic E-state index is 5.69. The molecule has 2 aromatic rings. The highest BCUT2D eigenvalue weighted by molar-refractivity contribution is 7.80. The minimum Gasteiger partial charge on any atom is -0.389 e. The Hall–Kier alpha value is -1.71. The summed E-state index contributed by atoms with van der Waals surface area (Å²) in [5.41, 5.74) is 11.8. The van der Waals surface area contributed by atoms with Crippen molar-refractivity contribution in [2.75, 3.05) is 7.05 Å². The van der Waals surface area contributed by atoms with Gasteiger partial charge in [-0.2, -0.15) is 0 Å². The summed E-state index contributed by atoms with van der Waals surface area (Å²) in [4.78, 5) is 2.75. The van der Waals surface area contributed by atoms with Crippen LogP contribution < -0.4 is 5.73 Å². The molecule has 21 heavy (non-hydrogen) atoms. The summed E-state index contributed by atoms with van der Waals surface area (Å²) in [6, 6.07) is 14.8. The van der Waals surface area contributed by atoms with Crippen molar-refractivity contribution < 1.29 is 0 Å². The van der Waals surface area contributed by atoms with E-state index in [1.807, 2.05) is 12.1 Å². The van der Waals surface area contributed by atoms with Crippen molar-refractivity contribution in [1.29, 1.82) is 0 Å². The van der Waals surface area contributed by atoms with Gasteiger partial charge in [0, 0.05) is 18.7 Å². The third kappa shape index (κ3) is 4.66. The topological polar surface area (TPSA) is 29.3 Å². The lowest BCUT2D eigenvalue weighted by molar-refractivity contribution is 0.319. The first kappa shape index (κ1) is 15.7. The van der Waals surface area contributed by atoms with E-state index in [4.69, 9.17) is 18.0 Å². The van der Waals surface area contributed by atoms with Crippen molar-refractivity contribution in [3.05, 3.63) is 70.3 Å². The maximum absolute atomic E-state index is 5.69. The first-order valence-corrected chi connectivity index (χ1v) is 7.49. The van der Waals surface area contributed by atoms with E-state index in [0.717, 1.165) is 18.7 Å². The normalized spacial score (nSPS) is 10.9. The van der Waals surface area contributed by atoms with Gasteiger partial charge in [0.15, 0.2) is 0 Å². The Bertz CT molecular complexity index is 629. The summed E-state index contributed by atoms with van der Waals surface area (Å²) >= 11 is 5.03. The zero-order valence-corrected chi connectivity index (χ0v) is 13.7. The smallest absolute Gasteiger partial charge is 0.103 e. The van der Waals surface area contributed by atoms with Gasteiger partial charge in [0.05, 0.1) is 0 Å². The molecule has 2 rings (SSSR count). The van der Waals surface area contributed by atoms with Crippen LogP contribution in [0, 0.1) is 13.8 Å². The van der Waals surface area contributed by atoms with Crippen molar-refractivity contribution in [3.8, 4) is 0 Å². The number of benzene rings is 2. The fourth-order valence-electron chi connectivity index (χ4n) is 2.66. The highest BCUT2D eigenvalue weighted by Gasteiger charge is 2.05. The molecule has 0 saturated heterocycles. The van der Waals surface area contributed by atoms with Gasteiger partial charge in [-0.1, -0.05) is 59.7 Å². The van der Waals surface area contributed by atoms with Crippen LogP contribution in [0.5, 0.6) is 0 Å². The standard InChI is InChI=1S/C18H22N2S/c1-13-7-14(2)9-16(8-13)12-20(3)11-15-5-4-6-17(10-15)18(19)21/h4-10H,11-12H2,1-3H3,(H2,19,21). The average molecular weight is 298 g/mol. The maximum Gasteiger partial charge on any atom is 0.103 e. The molecular weight excluding hydrogens is 276 g/mol. The number of nitrogens with zero attached hydrogens (tertiary/aromatic N) is 1. The molecule has 0 saturated carbocycles. The van der Waals surface area contributed by atoms with E-state index in [1.54, 1.807) is 0 Å². The molecule has 0 fully saturated rings. The summed E-state index contributed by atoms with van der Waals surface area (Å²) in [5, 5.41) is 0. The Morgan fingerprint density at radius 3 is 2.24 bits per heavy atom. The molecule has 110 valence electrons. The zero-order chi connectivity index (χ0) is 15.4. The molecule has 0 aliphatic heterocycles. The lowest BCUT2D eigenvalue weighted by atomic mass is 10.1. The molecule has 3 heteroatoms. The molecule has 0 amide bonds. The highest BCUT2D eigenvalue weighted by Crippen LogP contribution is 2.13. The summed E-state index contributed by atoms with van der Waals surface area (Å²) in [6.45, 7) is 6.09. The number of rotatable bonds is 5. The molecule has 2 aromatic carbocycles. The third-order valence-electron chi connectivity index (χ3n) is 3.40. The fraction of sp³-hybridized carbons (Fsp3) is 0.278. The molecule has 0 spiro atoms. The number of nitrogens with two attached hydrogens (primary N) is 1. The third-order valence-corrected chi connectivity index (χ3v) is 3.63. The lowest BCUT2D eigenvalue weighted by Crippen LogP contribution is -2.18. The second-order valence-electron chi connectivity index (χ2n) is 5.73. The molecule has 0 aliphatic rings. The Morgan fingerprint density at radius 2 is 1.62 bits per heavy atom. The van der Waals surface area contributed by atoms with E-state index in [9.17, 15) is 0 Å². The Balaban J connectivity index is 2.06. The zero-order valence-electron chi connectivity index (χ0n) is 12.9. The van der Waals surface area contributed by atoms with Crippen LogP contribution in [0.3, 0.4) is 0 Å². The average Bonchev–Trinajstić information content (AvgIpc) is 2.37. The van der Waals surface area contributed by atoms with E-state index in [2.05, 4.69) is 56.1 Å². The molecule has 0 atom stereocenters. The van der Waals surface area contributed by atoms with E-state index in [0.29, 0.717) is 4.99 Å². The van der Waals surface area contributed by atoms with Gasteiger partial charge >= 0.3 is 0 Å². The molecule has 0 radical (unpaired) electrons. The van der Waals surface area contributed by atoms with Crippen molar-refractivity contribution in [3.63, 3.8) is 0 Å². The Kier molecular flexibility index (Phi) is 5.10. The van der Waals surface area contributed by atoms with Crippen LogP contribution >= 0.6 is 12.2 Å². The molecule has 2 nitrogen and oxygen atoms in total. The Labute approximate surface area is 132 Å². The van der Waals surface area contributed by atoms with Gasteiger partial charge < -0.3 is 5.73 Å². The van der Waals surface area contributed by atoms with Crippen LogP contribution in [0.2, 0.25) is 0 Å². The van der Waals surface area contributed by atoms with Crippen molar-refractivity contribution >= 4 is 17.2 Å². The molecular formula is C18H22N2S. The second kappa shape index (κ2) is 6.83. The largest absolute Gasteiger partial charge is 0.389 e. The summed E-state index contributed by atoms with van der Waals surface area (Å²) in [7, 11) is 2.13. The predicted molar refractivity (Wildman–Crippen MR) is 93.4 cm³/mol. The molecule has 0 aliphatic carbocycles. The van der Waals surface area contributed by atoms with Crippen molar-refractivity contribution in [1.82, 2.24) is 4.90 Å². The van der Waals surface area contributed by atoms with Crippen LogP contribution in [0.1, 0.15) is 27.8 Å². The van der Waals surface area contributed by atoms with Gasteiger partial charge in [-0.25, -0.2) is 0 Å². The molecule has 0 heterocycles. The predicted octanol–water partition coefficient (Wildman–Crippen LogP) is 3.57. The van der Waals surface area contributed by atoms with Gasteiger partial charge in [-0.3, -0.25) is 4.90 Å². The monoisotopic (exact) mass is 298 g/mol. The summed E-state index contributed by atoms with van der Waals surface area (Å²) in [5.74, 6) is 0. The van der Waals surface area contributed by atoms with Crippen molar-refractivity contribution in [2.45, 2.75) is 26.9 Å². The number of hydrogen-bond donors (Lipinski definition) is 1. The van der Waals surface area contributed by atoms with Gasteiger partial charge in [0.25, 0.3) is 0 Å². The number of thiocarbonyl (C=S) groups is 1. The van der Waals surface area contributed by atoms with Crippen LogP contribution in [0.25, 0.3) is 0 Å².